The highest BCUT2D eigenvalue weighted by molar-refractivity contribution is 7.89. The summed E-state index contributed by atoms with van der Waals surface area (Å²) in [5, 5.41) is 4.84. The molecular formula is C17H16FN5O2S. The van der Waals surface area contributed by atoms with Gasteiger partial charge in [-0.3, -0.25) is 4.68 Å². The Morgan fingerprint density at radius 2 is 2.08 bits per heavy atom. The Hall–Kier alpha value is -2.26. The van der Waals surface area contributed by atoms with E-state index in [9.17, 15) is 12.8 Å². The van der Waals surface area contributed by atoms with E-state index in [2.05, 4.69) is 15.1 Å². The van der Waals surface area contributed by atoms with Gasteiger partial charge in [-0.1, -0.05) is 0 Å². The van der Waals surface area contributed by atoms with E-state index < -0.39 is 15.8 Å². The number of rotatable bonds is 3. The maximum Gasteiger partial charge on any atom is 0.258 e. The van der Waals surface area contributed by atoms with Crippen molar-refractivity contribution in [1.82, 2.24) is 24.1 Å². The van der Waals surface area contributed by atoms with E-state index >= 15 is 0 Å². The molecule has 1 aromatic carbocycles. The van der Waals surface area contributed by atoms with Gasteiger partial charge in [0, 0.05) is 30.6 Å². The summed E-state index contributed by atoms with van der Waals surface area (Å²) in [6, 6.07) is 3.08. The van der Waals surface area contributed by atoms with Crippen molar-refractivity contribution in [3.8, 4) is 11.4 Å². The quantitative estimate of drug-likeness (QED) is 0.757. The molecule has 0 amide bonds. The van der Waals surface area contributed by atoms with Gasteiger partial charge in [-0.05, 0) is 42.4 Å². The fourth-order valence-electron chi connectivity index (χ4n) is 4.72. The van der Waals surface area contributed by atoms with Crippen molar-refractivity contribution in [2.75, 3.05) is 6.54 Å². The van der Waals surface area contributed by atoms with Crippen molar-refractivity contribution >= 4 is 20.9 Å². The Morgan fingerprint density at radius 1 is 1.31 bits per heavy atom. The van der Waals surface area contributed by atoms with Crippen molar-refractivity contribution in [2.24, 2.45) is 24.8 Å². The van der Waals surface area contributed by atoms with Crippen molar-refractivity contribution in [3.05, 3.63) is 29.8 Å². The van der Waals surface area contributed by atoms with Crippen LogP contribution in [0.25, 0.3) is 22.3 Å². The fourth-order valence-corrected chi connectivity index (χ4v) is 6.44. The fraction of sp³-hybridized carbons (Fsp3) is 0.412. The summed E-state index contributed by atoms with van der Waals surface area (Å²) in [5.74, 6) is 1.66. The second-order valence-corrected chi connectivity index (χ2v) is 9.46. The van der Waals surface area contributed by atoms with E-state index in [-0.39, 0.29) is 16.6 Å². The third-order valence-electron chi connectivity index (χ3n) is 6.11. The second-order valence-electron chi connectivity index (χ2n) is 7.60. The standard InChI is InChI=1S/C17H16FN5O2S/c1-7-3-10(18)15-8(12(7)17-19-6-22(2)21-17)4-11(20-15)26(24,25)23-5-9-13-14(9)16(13)23/h3-4,6,9,13-14,16,20H,5H2,1-2H3. The van der Waals surface area contributed by atoms with Gasteiger partial charge in [0.15, 0.2) is 5.82 Å². The smallest absolute Gasteiger partial charge is 0.258 e. The molecule has 3 aromatic rings. The number of aryl methyl sites for hydroxylation is 2. The largest absolute Gasteiger partial charge is 0.342 e. The predicted molar refractivity (Wildman–Crippen MR) is 91.1 cm³/mol. The number of hydrogen-bond acceptors (Lipinski definition) is 4. The Bertz CT molecular complexity index is 1200. The molecule has 7 rings (SSSR count). The molecule has 134 valence electrons. The first-order valence-electron chi connectivity index (χ1n) is 8.57. The summed E-state index contributed by atoms with van der Waals surface area (Å²) in [6.45, 7) is 2.36. The van der Waals surface area contributed by atoms with E-state index in [4.69, 9.17) is 0 Å². The zero-order chi connectivity index (χ0) is 18.0. The van der Waals surface area contributed by atoms with Gasteiger partial charge in [-0.2, -0.15) is 9.40 Å². The monoisotopic (exact) mass is 373 g/mol. The van der Waals surface area contributed by atoms with Crippen LogP contribution in [0.4, 0.5) is 4.39 Å². The Labute approximate surface area is 148 Å². The maximum absolute atomic E-state index is 14.5. The third-order valence-corrected chi connectivity index (χ3v) is 7.90. The van der Waals surface area contributed by atoms with Crippen LogP contribution in [0.1, 0.15) is 5.56 Å². The molecule has 2 bridgehead atoms. The predicted octanol–water partition coefficient (Wildman–Crippen LogP) is 1.66. The summed E-state index contributed by atoms with van der Waals surface area (Å²) in [6.07, 6.45) is 1.56. The molecule has 2 unspecified atom stereocenters. The number of hydrogen-bond donors (Lipinski definition) is 1. The maximum atomic E-state index is 14.5. The second kappa shape index (κ2) is 4.34. The minimum atomic E-state index is -3.65. The molecule has 9 heteroatoms. The van der Waals surface area contributed by atoms with Crippen LogP contribution in [-0.4, -0.2) is 45.1 Å². The number of aromatic amines is 1. The van der Waals surface area contributed by atoms with E-state index in [1.54, 1.807) is 29.3 Å². The molecule has 7 nitrogen and oxygen atoms in total. The number of fused-ring (bicyclic) bond motifs is 2. The topological polar surface area (TPSA) is 83.9 Å². The normalized spacial score (nSPS) is 29.3. The average Bonchev–Trinajstić information content (AvgIpc) is 3.13. The lowest BCUT2D eigenvalue weighted by Gasteiger charge is -2.14. The van der Waals surface area contributed by atoms with E-state index in [1.165, 1.54) is 12.1 Å². The number of piperidine rings is 1. The summed E-state index contributed by atoms with van der Waals surface area (Å²) in [7, 11) is -1.89. The van der Waals surface area contributed by atoms with Gasteiger partial charge < -0.3 is 4.98 Å². The van der Waals surface area contributed by atoms with E-state index in [0.717, 1.165) is 0 Å². The number of halogens is 1. The van der Waals surface area contributed by atoms with Crippen molar-refractivity contribution in [3.63, 3.8) is 0 Å². The molecule has 2 saturated carbocycles. The molecule has 2 atom stereocenters. The highest BCUT2D eigenvalue weighted by Crippen LogP contribution is 2.76. The van der Waals surface area contributed by atoms with Gasteiger partial charge in [-0.25, -0.2) is 17.8 Å². The van der Waals surface area contributed by atoms with Crippen molar-refractivity contribution in [2.45, 2.75) is 18.0 Å². The molecule has 2 aliphatic carbocycles. The van der Waals surface area contributed by atoms with Crippen LogP contribution in [0, 0.1) is 30.5 Å². The number of nitrogens with one attached hydrogen (secondary N) is 1. The zero-order valence-corrected chi connectivity index (χ0v) is 15.0. The lowest BCUT2D eigenvalue weighted by atomic mass is 10.0. The van der Waals surface area contributed by atoms with E-state index in [1.807, 2.05) is 0 Å². The van der Waals surface area contributed by atoms with Gasteiger partial charge in [0.25, 0.3) is 10.0 Å². The average molecular weight is 373 g/mol. The number of benzene rings is 1. The summed E-state index contributed by atoms with van der Waals surface area (Å²) >= 11 is 0. The summed E-state index contributed by atoms with van der Waals surface area (Å²) < 4.78 is 43.8. The van der Waals surface area contributed by atoms with Crippen LogP contribution < -0.4 is 0 Å². The molecule has 1 N–H and O–H groups in total. The molecule has 26 heavy (non-hydrogen) atoms. The van der Waals surface area contributed by atoms with Crippen LogP contribution in [-0.2, 0) is 17.1 Å². The molecule has 4 aliphatic rings. The molecule has 4 fully saturated rings. The van der Waals surface area contributed by atoms with Gasteiger partial charge in [0.05, 0.1) is 5.52 Å². The van der Waals surface area contributed by atoms with Crippen LogP contribution in [0.2, 0.25) is 0 Å². The highest BCUT2D eigenvalue weighted by atomic mass is 32.2. The number of sulfonamides is 1. The van der Waals surface area contributed by atoms with Crippen molar-refractivity contribution < 1.29 is 12.8 Å². The van der Waals surface area contributed by atoms with Crippen molar-refractivity contribution in [1.29, 1.82) is 0 Å². The van der Waals surface area contributed by atoms with Gasteiger partial charge >= 0.3 is 0 Å². The molecular weight excluding hydrogens is 357 g/mol. The van der Waals surface area contributed by atoms with Gasteiger partial charge in [-0.15, -0.1) is 0 Å². The summed E-state index contributed by atoms with van der Waals surface area (Å²) in [4.78, 5) is 7.06. The molecule has 2 saturated heterocycles. The Balaban J connectivity index is 1.55. The molecule has 4 heterocycles. The minimum Gasteiger partial charge on any atom is -0.342 e. The Kier molecular flexibility index (Phi) is 2.48. The first-order chi connectivity index (χ1) is 12.4. The molecule has 0 radical (unpaired) electrons. The first kappa shape index (κ1) is 14.9. The summed E-state index contributed by atoms with van der Waals surface area (Å²) in [5.41, 5.74) is 1.49. The van der Waals surface area contributed by atoms with Crippen LogP contribution in [0.15, 0.2) is 23.5 Å². The lowest BCUT2D eigenvalue weighted by Crippen LogP contribution is -2.29. The third kappa shape index (κ3) is 1.67. The molecule has 2 aromatic heterocycles. The van der Waals surface area contributed by atoms with Crippen LogP contribution in [0.5, 0.6) is 0 Å². The number of nitrogens with zero attached hydrogens (tertiary/aromatic N) is 4. The lowest BCUT2D eigenvalue weighted by molar-refractivity contribution is 0.460. The van der Waals surface area contributed by atoms with E-state index in [0.29, 0.717) is 46.6 Å². The Morgan fingerprint density at radius 3 is 2.69 bits per heavy atom. The minimum absolute atomic E-state index is 0.0427. The van der Waals surface area contributed by atoms with Crippen LogP contribution >= 0.6 is 0 Å². The van der Waals surface area contributed by atoms with Gasteiger partial charge in [0.1, 0.15) is 17.2 Å². The molecule has 2 aliphatic heterocycles. The zero-order valence-electron chi connectivity index (χ0n) is 14.1. The first-order valence-corrected chi connectivity index (χ1v) is 10.0. The highest BCUT2D eigenvalue weighted by Gasteiger charge is 2.82. The molecule has 0 spiro atoms. The number of H-pyrrole nitrogens is 1. The van der Waals surface area contributed by atoms with Crippen LogP contribution in [0.3, 0.4) is 0 Å². The number of aromatic nitrogens is 4. The van der Waals surface area contributed by atoms with Gasteiger partial charge in [0.2, 0.25) is 0 Å². The SMILES string of the molecule is Cc1cc(F)c2[nH]c(S(=O)(=O)N3CC4C5C4C53)cc2c1-c1ncn(C)n1.